The fraction of sp³-hybridized carbons (Fsp3) is 0.385. The molecule has 0 atom stereocenters. The van der Waals surface area contributed by atoms with Gasteiger partial charge in [-0.1, -0.05) is 36.7 Å². The highest BCUT2D eigenvalue weighted by Crippen LogP contribution is 2.17. The fourth-order valence-electron chi connectivity index (χ4n) is 1.43. The highest BCUT2D eigenvalue weighted by molar-refractivity contribution is 5.53. The quantitative estimate of drug-likeness (QED) is 0.878. The largest absolute Gasteiger partial charge is 0.334 e. The maximum Gasteiger partial charge on any atom is 0.257 e. The van der Waals surface area contributed by atoms with Gasteiger partial charge in [-0.05, 0) is 19.1 Å². The maximum absolute atomic E-state index is 5.22. The Morgan fingerprint density at radius 3 is 2.59 bits per heavy atom. The number of aryl methyl sites for hydroxylation is 1. The molecule has 0 saturated heterocycles. The molecule has 0 aliphatic carbocycles. The van der Waals surface area contributed by atoms with Gasteiger partial charge < -0.3 is 9.84 Å². The van der Waals surface area contributed by atoms with Crippen molar-refractivity contribution in [3.63, 3.8) is 0 Å². The van der Waals surface area contributed by atoms with Gasteiger partial charge in [0.15, 0.2) is 5.82 Å². The molecule has 1 N–H and O–H groups in total. The summed E-state index contributed by atoms with van der Waals surface area (Å²) in [7, 11) is 0. The lowest BCUT2D eigenvalue weighted by Crippen LogP contribution is -2.22. The van der Waals surface area contributed by atoms with Crippen molar-refractivity contribution < 1.29 is 4.52 Å². The van der Waals surface area contributed by atoms with Crippen LogP contribution in [0.5, 0.6) is 0 Å². The van der Waals surface area contributed by atoms with Gasteiger partial charge in [0.1, 0.15) is 0 Å². The predicted molar refractivity (Wildman–Crippen MR) is 66.4 cm³/mol. The molecule has 0 radical (unpaired) electrons. The lowest BCUT2D eigenvalue weighted by atomic mass is 10.1. The molecule has 2 rings (SSSR count). The third-order valence-corrected chi connectivity index (χ3v) is 2.44. The van der Waals surface area contributed by atoms with Gasteiger partial charge in [-0.25, -0.2) is 0 Å². The normalized spacial score (nSPS) is 11.1. The second-order valence-electron chi connectivity index (χ2n) is 4.42. The second-order valence-corrected chi connectivity index (χ2v) is 4.42. The molecule has 0 unspecified atom stereocenters. The van der Waals surface area contributed by atoms with Gasteiger partial charge in [0.25, 0.3) is 5.89 Å². The molecule has 1 aromatic heterocycles. The Labute approximate surface area is 101 Å². The summed E-state index contributed by atoms with van der Waals surface area (Å²) in [5.41, 5.74) is 2.17. The monoisotopic (exact) mass is 231 g/mol. The van der Waals surface area contributed by atoms with E-state index in [-0.39, 0.29) is 0 Å². The minimum Gasteiger partial charge on any atom is -0.334 e. The van der Waals surface area contributed by atoms with Crippen LogP contribution in [0.4, 0.5) is 0 Å². The summed E-state index contributed by atoms with van der Waals surface area (Å²) in [6.07, 6.45) is 0. The van der Waals surface area contributed by atoms with Gasteiger partial charge in [-0.15, -0.1) is 0 Å². The van der Waals surface area contributed by atoms with Gasteiger partial charge >= 0.3 is 0 Å². The Bertz CT molecular complexity index is 474. The van der Waals surface area contributed by atoms with Gasteiger partial charge in [0, 0.05) is 11.6 Å². The van der Waals surface area contributed by atoms with Crippen molar-refractivity contribution in [2.75, 3.05) is 0 Å². The highest BCUT2D eigenvalue weighted by atomic mass is 16.5. The summed E-state index contributed by atoms with van der Waals surface area (Å²) in [4.78, 5) is 4.34. The van der Waals surface area contributed by atoms with Crippen LogP contribution in [0.1, 0.15) is 25.2 Å². The first-order chi connectivity index (χ1) is 8.15. The Morgan fingerprint density at radius 1 is 1.24 bits per heavy atom. The minimum absolute atomic E-state index is 0.413. The van der Waals surface area contributed by atoms with Crippen LogP contribution < -0.4 is 5.32 Å². The number of nitrogens with zero attached hydrogens (tertiary/aromatic N) is 2. The molecule has 0 bridgehead atoms. The van der Waals surface area contributed by atoms with Gasteiger partial charge in [-0.2, -0.15) is 4.98 Å². The van der Waals surface area contributed by atoms with Crippen LogP contribution in [0.2, 0.25) is 0 Å². The molecule has 0 aliphatic heterocycles. The average molecular weight is 231 g/mol. The molecule has 17 heavy (non-hydrogen) atoms. The number of hydrogen-bond donors (Lipinski definition) is 1. The second kappa shape index (κ2) is 5.10. The van der Waals surface area contributed by atoms with Crippen LogP contribution in [-0.4, -0.2) is 16.2 Å². The van der Waals surface area contributed by atoms with E-state index in [1.165, 1.54) is 5.56 Å². The van der Waals surface area contributed by atoms with Crippen LogP contribution in [0.3, 0.4) is 0 Å². The van der Waals surface area contributed by atoms with E-state index < -0.39 is 0 Å². The summed E-state index contributed by atoms with van der Waals surface area (Å²) in [6, 6.07) is 8.46. The van der Waals surface area contributed by atoms with Gasteiger partial charge in [-0.3, -0.25) is 0 Å². The Kier molecular flexibility index (Phi) is 3.54. The summed E-state index contributed by atoms with van der Waals surface area (Å²) in [5.74, 6) is 1.26. The van der Waals surface area contributed by atoms with Crippen molar-refractivity contribution in [1.29, 1.82) is 0 Å². The lowest BCUT2D eigenvalue weighted by Gasteiger charge is -2.03. The first-order valence-corrected chi connectivity index (χ1v) is 5.78. The Hall–Kier alpha value is -1.68. The van der Waals surface area contributed by atoms with Crippen LogP contribution in [0.25, 0.3) is 11.5 Å². The SMILES string of the molecule is Cc1ccc(-c2nc(CNC(C)C)no2)cc1. The third kappa shape index (κ3) is 3.14. The third-order valence-electron chi connectivity index (χ3n) is 2.44. The molecule has 0 aliphatic rings. The van der Waals surface area contributed by atoms with Crippen molar-refractivity contribution >= 4 is 0 Å². The smallest absolute Gasteiger partial charge is 0.257 e. The summed E-state index contributed by atoms with van der Waals surface area (Å²) < 4.78 is 5.22. The molecule has 4 heteroatoms. The molecule has 1 heterocycles. The molecule has 0 fully saturated rings. The summed E-state index contributed by atoms with van der Waals surface area (Å²) in [5, 5.41) is 7.19. The zero-order chi connectivity index (χ0) is 12.3. The fourth-order valence-corrected chi connectivity index (χ4v) is 1.43. The summed E-state index contributed by atoms with van der Waals surface area (Å²) >= 11 is 0. The topological polar surface area (TPSA) is 51.0 Å². The zero-order valence-corrected chi connectivity index (χ0v) is 10.4. The Morgan fingerprint density at radius 2 is 1.94 bits per heavy atom. The maximum atomic E-state index is 5.22. The van der Waals surface area contributed by atoms with E-state index in [0.717, 1.165) is 5.56 Å². The molecule has 2 aromatic rings. The molecular weight excluding hydrogens is 214 g/mol. The highest BCUT2D eigenvalue weighted by Gasteiger charge is 2.08. The number of hydrogen-bond acceptors (Lipinski definition) is 4. The van der Waals surface area contributed by atoms with Crippen molar-refractivity contribution in [2.24, 2.45) is 0 Å². The number of nitrogens with one attached hydrogen (secondary N) is 1. The first kappa shape index (κ1) is 11.8. The molecule has 90 valence electrons. The molecule has 0 saturated carbocycles. The van der Waals surface area contributed by atoms with Gasteiger partial charge in [0.05, 0.1) is 6.54 Å². The van der Waals surface area contributed by atoms with E-state index in [1.807, 2.05) is 24.3 Å². The van der Waals surface area contributed by atoms with E-state index in [0.29, 0.717) is 24.3 Å². The van der Waals surface area contributed by atoms with Crippen LogP contribution in [0, 0.1) is 6.92 Å². The zero-order valence-electron chi connectivity index (χ0n) is 10.4. The molecule has 0 amide bonds. The van der Waals surface area contributed by atoms with Crippen LogP contribution in [0.15, 0.2) is 28.8 Å². The van der Waals surface area contributed by atoms with Crippen LogP contribution >= 0.6 is 0 Å². The Balaban J connectivity index is 2.10. The van der Waals surface area contributed by atoms with Gasteiger partial charge in [0.2, 0.25) is 0 Å². The number of rotatable bonds is 4. The van der Waals surface area contributed by atoms with Crippen molar-refractivity contribution in [1.82, 2.24) is 15.5 Å². The van der Waals surface area contributed by atoms with E-state index in [4.69, 9.17) is 4.52 Å². The summed E-state index contributed by atoms with van der Waals surface area (Å²) in [6.45, 7) is 6.85. The van der Waals surface area contributed by atoms with Crippen LogP contribution in [-0.2, 0) is 6.54 Å². The predicted octanol–water partition coefficient (Wildman–Crippen LogP) is 2.54. The molecular formula is C13H17N3O. The first-order valence-electron chi connectivity index (χ1n) is 5.78. The van der Waals surface area contributed by atoms with Crippen molar-refractivity contribution in [2.45, 2.75) is 33.4 Å². The molecule has 0 spiro atoms. The lowest BCUT2D eigenvalue weighted by molar-refractivity contribution is 0.417. The van der Waals surface area contributed by atoms with E-state index in [9.17, 15) is 0 Å². The minimum atomic E-state index is 0.413. The molecule has 4 nitrogen and oxygen atoms in total. The number of aromatic nitrogens is 2. The van der Waals surface area contributed by atoms with E-state index >= 15 is 0 Å². The van der Waals surface area contributed by atoms with E-state index in [1.54, 1.807) is 0 Å². The van der Waals surface area contributed by atoms with Crippen molar-refractivity contribution in [3.05, 3.63) is 35.7 Å². The van der Waals surface area contributed by atoms with Crippen molar-refractivity contribution in [3.8, 4) is 11.5 Å². The molecule has 1 aromatic carbocycles. The average Bonchev–Trinajstić information content (AvgIpc) is 2.76. The van der Waals surface area contributed by atoms with E-state index in [2.05, 4.69) is 36.2 Å². The number of benzene rings is 1. The standard InChI is InChI=1S/C13H17N3O/c1-9(2)14-8-12-15-13(17-16-12)11-6-4-10(3)5-7-11/h4-7,9,14H,8H2,1-3H3.